The molecule has 0 atom stereocenters. The number of alkyl halides is 3. The summed E-state index contributed by atoms with van der Waals surface area (Å²) in [6.07, 6.45) is -2.98. The average Bonchev–Trinajstić information content (AvgIpc) is 2.23. The number of nitrogens with two attached hydrogens (primary N) is 1. The van der Waals surface area contributed by atoms with E-state index in [4.69, 9.17) is 5.73 Å². The summed E-state index contributed by atoms with van der Waals surface area (Å²) < 4.78 is 36.8. The average molecular weight is 275 g/mol. The highest BCUT2D eigenvalue weighted by Gasteiger charge is 2.31. The molecule has 106 valence electrons. The Labute approximate surface area is 109 Å². The maximum atomic E-state index is 12.3. The molecule has 1 aromatic rings. The topological polar surface area (TPSA) is 76.2 Å². The van der Waals surface area contributed by atoms with Gasteiger partial charge < -0.3 is 11.1 Å². The van der Waals surface area contributed by atoms with Crippen molar-refractivity contribution in [3.63, 3.8) is 0 Å². The van der Waals surface area contributed by atoms with Crippen molar-refractivity contribution in [3.8, 4) is 0 Å². The minimum Gasteiger partial charge on any atom is -0.370 e. The minimum absolute atomic E-state index is 0.0209. The van der Waals surface area contributed by atoms with Crippen LogP contribution in [-0.2, 0) is 12.7 Å². The Kier molecular flexibility index (Phi) is 4.33. The number of aliphatic imine (C=N–C) groups is 1. The minimum atomic E-state index is -4.44. The van der Waals surface area contributed by atoms with Crippen LogP contribution in [0.3, 0.4) is 0 Å². The number of rotatable bonds is 2. The number of hydrogen-bond acceptors (Lipinski definition) is 3. The summed E-state index contributed by atoms with van der Waals surface area (Å²) in [6, 6.07) is 0. The highest BCUT2D eigenvalue weighted by Crippen LogP contribution is 2.27. The first-order chi connectivity index (χ1) is 8.58. The van der Waals surface area contributed by atoms with Gasteiger partial charge >= 0.3 is 6.18 Å². The summed E-state index contributed by atoms with van der Waals surface area (Å²) in [4.78, 5) is 11.1. The third kappa shape index (κ3) is 5.54. The molecule has 1 aromatic heterocycles. The second kappa shape index (κ2) is 5.41. The van der Waals surface area contributed by atoms with E-state index in [1.807, 2.05) is 20.8 Å². The van der Waals surface area contributed by atoms with E-state index in [2.05, 4.69) is 20.3 Å². The van der Waals surface area contributed by atoms with E-state index in [1.165, 1.54) is 0 Å². The first kappa shape index (κ1) is 15.2. The van der Waals surface area contributed by atoms with Crippen LogP contribution >= 0.6 is 0 Å². The Morgan fingerprint density at radius 2 is 1.79 bits per heavy atom. The third-order valence-corrected chi connectivity index (χ3v) is 1.93. The van der Waals surface area contributed by atoms with Crippen LogP contribution in [0.2, 0.25) is 0 Å². The summed E-state index contributed by atoms with van der Waals surface area (Å²) >= 11 is 0. The normalized spacial score (nSPS) is 13.5. The van der Waals surface area contributed by atoms with Gasteiger partial charge in [0.2, 0.25) is 0 Å². The van der Waals surface area contributed by atoms with Crippen LogP contribution in [-0.4, -0.2) is 21.5 Å². The van der Waals surface area contributed by atoms with Crippen LogP contribution < -0.4 is 11.1 Å². The van der Waals surface area contributed by atoms with Gasteiger partial charge in [-0.25, -0.2) is 15.0 Å². The molecule has 0 aliphatic carbocycles. The van der Waals surface area contributed by atoms with Gasteiger partial charge in [-0.1, -0.05) is 0 Å². The second-order valence-corrected chi connectivity index (χ2v) is 4.96. The van der Waals surface area contributed by atoms with Gasteiger partial charge in [-0.05, 0) is 20.8 Å². The third-order valence-electron chi connectivity index (χ3n) is 1.93. The number of halogens is 3. The van der Waals surface area contributed by atoms with Crippen molar-refractivity contribution in [2.24, 2.45) is 10.7 Å². The predicted octanol–water partition coefficient (Wildman–Crippen LogP) is 1.70. The molecule has 0 radical (unpaired) electrons. The summed E-state index contributed by atoms with van der Waals surface area (Å²) in [5.74, 6) is 0.364. The van der Waals surface area contributed by atoms with Gasteiger partial charge in [-0.2, -0.15) is 13.2 Å². The maximum Gasteiger partial charge on any atom is 0.419 e. The molecule has 0 aliphatic rings. The zero-order chi connectivity index (χ0) is 14.7. The lowest BCUT2D eigenvalue weighted by atomic mass is 10.1. The van der Waals surface area contributed by atoms with Crippen molar-refractivity contribution in [2.75, 3.05) is 0 Å². The van der Waals surface area contributed by atoms with E-state index in [0.29, 0.717) is 0 Å². The van der Waals surface area contributed by atoms with Crippen LogP contribution in [0.4, 0.5) is 13.2 Å². The summed E-state index contributed by atoms with van der Waals surface area (Å²) in [7, 11) is 0. The van der Waals surface area contributed by atoms with Gasteiger partial charge in [0.05, 0.1) is 5.56 Å². The molecule has 1 heterocycles. The van der Waals surface area contributed by atoms with Crippen molar-refractivity contribution in [2.45, 2.75) is 39.0 Å². The Hall–Kier alpha value is -1.86. The molecule has 0 aromatic carbocycles. The Morgan fingerprint density at radius 3 is 2.21 bits per heavy atom. The fourth-order valence-corrected chi connectivity index (χ4v) is 1.16. The zero-order valence-electron chi connectivity index (χ0n) is 10.9. The van der Waals surface area contributed by atoms with Crippen LogP contribution in [0.25, 0.3) is 0 Å². The standard InChI is InChI=1S/C11H16F3N5/c1-10(2,3)19-9(15)18-6-8-16-4-7(5-17-8)11(12,13)14/h4-5H,6H2,1-3H3,(H3,15,18,19). The zero-order valence-corrected chi connectivity index (χ0v) is 10.9. The fourth-order valence-electron chi connectivity index (χ4n) is 1.16. The SMILES string of the molecule is CC(C)(C)NC(N)=NCc1ncc(C(F)(F)F)cn1. The summed E-state index contributed by atoms with van der Waals surface area (Å²) in [5.41, 5.74) is 4.48. The molecule has 0 saturated heterocycles. The molecule has 0 saturated carbocycles. The number of nitrogens with zero attached hydrogens (tertiary/aromatic N) is 3. The highest BCUT2D eigenvalue weighted by atomic mass is 19.4. The van der Waals surface area contributed by atoms with E-state index in [1.54, 1.807) is 0 Å². The van der Waals surface area contributed by atoms with Crippen LogP contribution in [0.15, 0.2) is 17.4 Å². The Morgan fingerprint density at radius 1 is 1.26 bits per heavy atom. The molecule has 0 aliphatic heterocycles. The van der Waals surface area contributed by atoms with Gasteiger partial charge in [-0.3, -0.25) is 0 Å². The molecule has 0 spiro atoms. The molecule has 8 heteroatoms. The lowest BCUT2D eigenvalue weighted by Gasteiger charge is -2.20. The number of hydrogen-bond donors (Lipinski definition) is 2. The second-order valence-electron chi connectivity index (χ2n) is 4.96. The molecular formula is C11H16F3N5. The largest absolute Gasteiger partial charge is 0.419 e. The van der Waals surface area contributed by atoms with Crippen molar-refractivity contribution in [3.05, 3.63) is 23.8 Å². The molecule has 5 nitrogen and oxygen atoms in total. The van der Waals surface area contributed by atoms with E-state index < -0.39 is 11.7 Å². The van der Waals surface area contributed by atoms with Crippen LogP contribution in [0, 0.1) is 0 Å². The molecule has 3 N–H and O–H groups in total. The van der Waals surface area contributed by atoms with Gasteiger partial charge in [0.25, 0.3) is 0 Å². The van der Waals surface area contributed by atoms with E-state index in [9.17, 15) is 13.2 Å². The number of aromatic nitrogens is 2. The predicted molar refractivity (Wildman–Crippen MR) is 65.2 cm³/mol. The smallest absolute Gasteiger partial charge is 0.370 e. The van der Waals surface area contributed by atoms with E-state index in [-0.39, 0.29) is 23.9 Å². The quantitative estimate of drug-likeness (QED) is 0.636. The Bertz CT molecular complexity index is 445. The van der Waals surface area contributed by atoms with Gasteiger partial charge in [0.15, 0.2) is 5.96 Å². The number of nitrogens with one attached hydrogen (secondary N) is 1. The molecule has 0 unspecified atom stereocenters. The lowest BCUT2D eigenvalue weighted by molar-refractivity contribution is -0.138. The molecule has 1 rings (SSSR count). The highest BCUT2D eigenvalue weighted by molar-refractivity contribution is 5.78. The van der Waals surface area contributed by atoms with Crippen molar-refractivity contribution >= 4 is 5.96 Å². The van der Waals surface area contributed by atoms with Crippen molar-refractivity contribution in [1.29, 1.82) is 0 Å². The molecule has 19 heavy (non-hydrogen) atoms. The number of guanidine groups is 1. The van der Waals surface area contributed by atoms with Crippen LogP contribution in [0.5, 0.6) is 0 Å². The van der Waals surface area contributed by atoms with E-state index >= 15 is 0 Å². The monoisotopic (exact) mass is 275 g/mol. The van der Waals surface area contributed by atoms with Crippen molar-refractivity contribution in [1.82, 2.24) is 15.3 Å². The summed E-state index contributed by atoms with van der Waals surface area (Å²) in [5, 5.41) is 2.92. The van der Waals surface area contributed by atoms with Crippen LogP contribution in [0.1, 0.15) is 32.2 Å². The maximum absolute atomic E-state index is 12.3. The van der Waals surface area contributed by atoms with Gasteiger partial charge in [0, 0.05) is 17.9 Å². The lowest BCUT2D eigenvalue weighted by Crippen LogP contribution is -2.45. The van der Waals surface area contributed by atoms with Gasteiger partial charge in [0.1, 0.15) is 12.4 Å². The molecule has 0 fully saturated rings. The molecular weight excluding hydrogens is 259 g/mol. The first-order valence-electron chi connectivity index (χ1n) is 5.54. The first-order valence-corrected chi connectivity index (χ1v) is 5.54. The molecule has 0 bridgehead atoms. The molecule has 0 amide bonds. The van der Waals surface area contributed by atoms with Gasteiger partial charge in [-0.15, -0.1) is 0 Å². The van der Waals surface area contributed by atoms with E-state index in [0.717, 1.165) is 12.4 Å². The Balaban J connectivity index is 2.67. The summed E-state index contributed by atoms with van der Waals surface area (Å²) in [6.45, 7) is 5.74. The van der Waals surface area contributed by atoms with Crippen molar-refractivity contribution < 1.29 is 13.2 Å². The fraction of sp³-hybridized carbons (Fsp3) is 0.545.